The zero-order valence-electron chi connectivity index (χ0n) is 11.4. The van der Waals surface area contributed by atoms with Crippen molar-refractivity contribution >= 4 is 39.4 Å². The standard InChI is InChI=1S/C14H15BrN2O4/c1-2-17-7-8(5-12(17)18)13(19)16-11-6-9(15)3-4-10(11)14(20)21/h3-4,6,8H,2,5,7H2,1H3,(H,16,19)(H,20,21). The number of anilines is 1. The zero-order chi connectivity index (χ0) is 15.6. The molecule has 1 aromatic carbocycles. The lowest BCUT2D eigenvalue weighted by Gasteiger charge is -2.14. The van der Waals surface area contributed by atoms with Gasteiger partial charge in [0.1, 0.15) is 0 Å². The van der Waals surface area contributed by atoms with Gasteiger partial charge in [0.15, 0.2) is 0 Å². The Balaban J connectivity index is 2.15. The van der Waals surface area contributed by atoms with Crippen molar-refractivity contribution in [3.8, 4) is 0 Å². The molecule has 2 amide bonds. The van der Waals surface area contributed by atoms with E-state index in [1.165, 1.54) is 12.1 Å². The van der Waals surface area contributed by atoms with E-state index in [1.54, 1.807) is 11.0 Å². The highest BCUT2D eigenvalue weighted by Gasteiger charge is 2.33. The molecular formula is C14H15BrN2O4. The molecule has 21 heavy (non-hydrogen) atoms. The maximum atomic E-state index is 12.2. The van der Waals surface area contributed by atoms with Gasteiger partial charge in [0, 0.05) is 24.0 Å². The first-order chi connectivity index (χ1) is 9.92. The summed E-state index contributed by atoms with van der Waals surface area (Å²) in [6, 6.07) is 4.55. The van der Waals surface area contributed by atoms with Crippen molar-refractivity contribution in [3.05, 3.63) is 28.2 Å². The summed E-state index contributed by atoms with van der Waals surface area (Å²) >= 11 is 3.24. The molecule has 0 aliphatic carbocycles. The van der Waals surface area contributed by atoms with E-state index >= 15 is 0 Å². The fourth-order valence-corrected chi connectivity index (χ4v) is 2.66. The molecule has 1 saturated heterocycles. The summed E-state index contributed by atoms with van der Waals surface area (Å²) in [4.78, 5) is 36.6. The lowest BCUT2D eigenvalue weighted by Crippen LogP contribution is -2.28. The minimum absolute atomic E-state index is 0.0169. The maximum absolute atomic E-state index is 12.2. The van der Waals surface area contributed by atoms with Gasteiger partial charge in [0.05, 0.1) is 17.2 Å². The Morgan fingerprint density at radius 2 is 2.19 bits per heavy atom. The summed E-state index contributed by atoms with van der Waals surface area (Å²) in [5, 5.41) is 11.7. The number of carbonyl (C=O) groups excluding carboxylic acids is 2. The van der Waals surface area contributed by atoms with Gasteiger partial charge in [-0.1, -0.05) is 15.9 Å². The number of carboxylic acids is 1. The monoisotopic (exact) mass is 354 g/mol. The largest absolute Gasteiger partial charge is 0.478 e. The Bertz CT molecular complexity index is 603. The molecule has 0 radical (unpaired) electrons. The minimum atomic E-state index is -1.12. The molecule has 1 unspecified atom stereocenters. The van der Waals surface area contributed by atoms with Crippen molar-refractivity contribution < 1.29 is 19.5 Å². The molecule has 112 valence electrons. The Hall–Kier alpha value is -1.89. The number of hydrogen-bond acceptors (Lipinski definition) is 3. The van der Waals surface area contributed by atoms with Gasteiger partial charge in [-0.3, -0.25) is 9.59 Å². The Labute approximate surface area is 130 Å². The third kappa shape index (κ3) is 3.41. The van der Waals surface area contributed by atoms with Crippen LogP contribution in [-0.2, 0) is 9.59 Å². The minimum Gasteiger partial charge on any atom is -0.478 e. The Morgan fingerprint density at radius 3 is 2.76 bits per heavy atom. The third-order valence-corrected chi connectivity index (χ3v) is 3.93. The Kier molecular flexibility index (Phi) is 4.62. The van der Waals surface area contributed by atoms with Crippen LogP contribution in [0.4, 0.5) is 5.69 Å². The molecule has 1 aliphatic rings. The summed E-state index contributed by atoms with van der Waals surface area (Å²) in [5.74, 6) is -1.95. The molecule has 1 fully saturated rings. The molecule has 2 N–H and O–H groups in total. The van der Waals surface area contributed by atoms with Gasteiger partial charge in [0.25, 0.3) is 0 Å². The molecule has 1 heterocycles. The van der Waals surface area contributed by atoms with Gasteiger partial charge in [-0.25, -0.2) is 4.79 Å². The second-order valence-corrected chi connectivity index (χ2v) is 5.73. The van der Waals surface area contributed by atoms with Gasteiger partial charge in [0.2, 0.25) is 11.8 Å². The van der Waals surface area contributed by atoms with Gasteiger partial charge in [-0.2, -0.15) is 0 Å². The van der Waals surface area contributed by atoms with Crippen molar-refractivity contribution in [1.82, 2.24) is 4.90 Å². The zero-order valence-corrected chi connectivity index (χ0v) is 13.0. The first-order valence-electron chi connectivity index (χ1n) is 6.53. The van der Waals surface area contributed by atoms with E-state index in [4.69, 9.17) is 5.11 Å². The summed E-state index contributed by atoms with van der Waals surface area (Å²) < 4.78 is 0.667. The maximum Gasteiger partial charge on any atom is 0.337 e. The van der Waals surface area contributed by atoms with Crippen LogP contribution in [0.1, 0.15) is 23.7 Å². The number of hydrogen-bond donors (Lipinski definition) is 2. The number of halogens is 1. The van der Waals surface area contributed by atoms with E-state index in [0.29, 0.717) is 17.6 Å². The van der Waals surface area contributed by atoms with Crippen LogP contribution in [0.3, 0.4) is 0 Å². The number of benzene rings is 1. The van der Waals surface area contributed by atoms with Crippen LogP contribution in [0, 0.1) is 5.92 Å². The molecule has 1 aromatic rings. The highest BCUT2D eigenvalue weighted by atomic mass is 79.9. The number of carbonyl (C=O) groups is 3. The fourth-order valence-electron chi connectivity index (χ4n) is 2.29. The van der Waals surface area contributed by atoms with Crippen LogP contribution in [0.5, 0.6) is 0 Å². The summed E-state index contributed by atoms with van der Waals surface area (Å²) in [6.07, 6.45) is 0.163. The second kappa shape index (κ2) is 6.26. The first-order valence-corrected chi connectivity index (χ1v) is 7.33. The van der Waals surface area contributed by atoms with E-state index < -0.39 is 11.9 Å². The Morgan fingerprint density at radius 1 is 1.48 bits per heavy atom. The molecule has 0 spiro atoms. The molecular weight excluding hydrogens is 340 g/mol. The van der Waals surface area contributed by atoms with Crippen LogP contribution in [0.2, 0.25) is 0 Å². The highest BCUT2D eigenvalue weighted by Crippen LogP contribution is 2.24. The van der Waals surface area contributed by atoms with Crippen LogP contribution in [-0.4, -0.2) is 40.9 Å². The van der Waals surface area contributed by atoms with Gasteiger partial charge >= 0.3 is 5.97 Å². The quantitative estimate of drug-likeness (QED) is 0.865. The average Bonchev–Trinajstić information content (AvgIpc) is 2.79. The SMILES string of the molecule is CCN1CC(C(=O)Nc2cc(Br)ccc2C(=O)O)CC1=O. The molecule has 6 nitrogen and oxygen atoms in total. The topological polar surface area (TPSA) is 86.7 Å². The fraction of sp³-hybridized carbons (Fsp3) is 0.357. The van der Waals surface area contributed by atoms with Crippen LogP contribution in [0.15, 0.2) is 22.7 Å². The molecule has 2 rings (SSSR count). The van der Waals surface area contributed by atoms with Crippen molar-refractivity contribution in [2.45, 2.75) is 13.3 Å². The number of nitrogens with zero attached hydrogens (tertiary/aromatic N) is 1. The molecule has 1 aliphatic heterocycles. The van der Waals surface area contributed by atoms with Crippen LogP contribution < -0.4 is 5.32 Å². The predicted octanol–water partition coefficient (Wildman–Crippen LogP) is 1.95. The van der Waals surface area contributed by atoms with Gasteiger partial charge in [-0.15, -0.1) is 0 Å². The smallest absolute Gasteiger partial charge is 0.337 e. The van der Waals surface area contributed by atoms with Gasteiger partial charge < -0.3 is 15.3 Å². The number of likely N-dealkylation sites (tertiary alicyclic amines) is 1. The second-order valence-electron chi connectivity index (χ2n) is 4.82. The molecule has 0 saturated carbocycles. The summed E-state index contributed by atoms with van der Waals surface area (Å²) in [7, 11) is 0. The van der Waals surface area contributed by atoms with E-state index in [0.717, 1.165) is 0 Å². The lowest BCUT2D eigenvalue weighted by molar-refractivity contribution is -0.128. The number of rotatable bonds is 4. The molecule has 0 bridgehead atoms. The van der Waals surface area contributed by atoms with Crippen LogP contribution >= 0.6 is 15.9 Å². The number of nitrogens with one attached hydrogen (secondary N) is 1. The number of carboxylic acid groups (broad SMARTS) is 1. The van der Waals surface area contributed by atoms with Crippen molar-refractivity contribution in [2.75, 3.05) is 18.4 Å². The predicted molar refractivity (Wildman–Crippen MR) is 80.1 cm³/mol. The van der Waals surface area contributed by atoms with Crippen molar-refractivity contribution in [1.29, 1.82) is 0 Å². The third-order valence-electron chi connectivity index (χ3n) is 3.44. The molecule has 1 atom stereocenters. The van der Waals surface area contributed by atoms with Gasteiger partial charge in [-0.05, 0) is 25.1 Å². The van der Waals surface area contributed by atoms with Crippen LogP contribution in [0.25, 0.3) is 0 Å². The molecule has 0 aromatic heterocycles. The molecule has 7 heteroatoms. The van der Waals surface area contributed by atoms with E-state index in [1.807, 2.05) is 6.92 Å². The van der Waals surface area contributed by atoms with E-state index in [9.17, 15) is 14.4 Å². The first kappa shape index (κ1) is 15.5. The van der Waals surface area contributed by atoms with E-state index in [2.05, 4.69) is 21.2 Å². The van der Waals surface area contributed by atoms with E-state index in [-0.39, 0.29) is 29.5 Å². The lowest BCUT2D eigenvalue weighted by atomic mass is 10.1. The number of aromatic carboxylic acids is 1. The average molecular weight is 355 g/mol. The van der Waals surface area contributed by atoms with Crippen molar-refractivity contribution in [3.63, 3.8) is 0 Å². The summed E-state index contributed by atoms with van der Waals surface area (Å²) in [5.41, 5.74) is 0.243. The highest BCUT2D eigenvalue weighted by molar-refractivity contribution is 9.10. The van der Waals surface area contributed by atoms with Crippen molar-refractivity contribution in [2.24, 2.45) is 5.92 Å². The normalized spacial score (nSPS) is 17.9. The summed E-state index contributed by atoms with van der Waals surface area (Å²) in [6.45, 7) is 2.80. The number of amides is 2.